The van der Waals surface area contributed by atoms with Gasteiger partial charge in [0.1, 0.15) is 0 Å². The van der Waals surface area contributed by atoms with Crippen molar-refractivity contribution in [2.24, 2.45) is 0 Å². The first-order valence-electron chi connectivity index (χ1n) is 10.4. The highest BCUT2D eigenvalue weighted by Crippen LogP contribution is 2.28. The van der Waals surface area contributed by atoms with Crippen LogP contribution in [0.4, 0.5) is 0 Å². The highest BCUT2D eigenvalue weighted by Gasteiger charge is 2.30. The molecule has 1 atom stereocenters. The Kier molecular flexibility index (Phi) is 6.06. The lowest BCUT2D eigenvalue weighted by Gasteiger charge is -2.39. The van der Waals surface area contributed by atoms with Gasteiger partial charge in [0.05, 0.1) is 5.92 Å². The van der Waals surface area contributed by atoms with Crippen LogP contribution in [0.2, 0.25) is 0 Å². The predicted octanol–water partition coefficient (Wildman–Crippen LogP) is 4.72. The van der Waals surface area contributed by atoms with Gasteiger partial charge < -0.3 is 4.90 Å². The molecule has 1 aliphatic rings. The lowest BCUT2D eigenvalue weighted by molar-refractivity contribution is -0.133. The zero-order valence-electron chi connectivity index (χ0n) is 16.9. The van der Waals surface area contributed by atoms with E-state index in [2.05, 4.69) is 66.4 Å². The fraction of sp³-hybridized carbons (Fsp3) is 0.269. The topological polar surface area (TPSA) is 23.6 Å². The van der Waals surface area contributed by atoms with Crippen LogP contribution >= 0.6 is 0 Å². The fourth-order valence-corrected chi connectivity index (χ4v) is 4.22. The molecule has 3 heteroatoms. The summed E-state index contributed by atoms with van der Waals surface area (Å²) in [4.78, 5) is 18.1. The molecule has 4 rings (SSSR count). The van der Waals surface area contributed by atoms with E-state index in [0.29, 0.717) is 6.04 Å². The third-order valence-corrected chi connectivity index (χ3v) is 5.97. The van der Waals surface area contributed by atoms with Gasteiger partial charge >= 0.3 is 0 Å². The van der Waals surface area contributed by atoms with Crippen molar-refractivity contribution in [3.8, 4) is 0 Å². The van der Waals surface area contributed by atoms with Crippen LogP contribution in [0.25, 0.3) is 0 Å². The highest BCUT2D eigenvalue weighted by atomic mass is 16.2. The van der Waals surface area contributed by atoms with Crippen LogP contribution in [-0.4, -0.2) is 41.9 Å². The Balaban J connectivity index is 1.48. The summed E-state index contributed by atoms with van der Waals surface area (Å²) in [6.07, 6.45) is 0. The molecule has 3 nitrogen and oxygen atoms in total. The van der Waals surface area contributed by atoms with Gasteiger partial charge in [-0.3, -0.25) is 9.69 Å². The van der Waals surface area contributed by atoms with Gasteiger partial charge in [0.25, 0.3) is 0 Å². The number of carbonyl (C=O) groups excluding carboxylic acids is 1. The molecule has 1 amide bonds. The molecule has 0 aromatic heterocycles. The van der Waals surface area contributed by atoms with Gasteiger partial charge in [-0.2, -0.15) is 0 Å². The Morgan fingerprint density at radius 2 is 1.07 bits per heavy atom. The number of amides is 1. The van der Waals surface area contributed by atoms with Gasteiger partial charge in [-0.05, 0) is 23.6 Å². The number of hydrogen-bond acceptors (Lipinski definition) is 2. The summed E-state index contributed by atoms with van der Waals surface area (Å²) in [6, 6.07) is 31.3. The lowest BCUT2D eigenvalue weighted by Crippen LogP contribution is -2.50. The minimum atomic E-state index is -0.240. The van der Waals surface area contributed by atoms with Crippen molar-refractivity contribution in [3.63, 3.8) is 0 Å². The standard InChI is InChI=1S/C26H28N2O/c1-21(22-11-5-2-6-12-22)27-17-19-28(20-18-27)26(29)25(23-13-7-3-8-14-23)24-15-9-4-10-16-24/h2-16,21,25H,17-20H2,1H3. The summed E-state index contributed by atoms with van der Waals surface area (Å²) in [6.45, 7) is 5.60. The first kappa shape index (κ1) is 19.4. The van der Waals surface area contributed by atoms with Crippen molar-refractivity contribution >= 4 is 5.91 Å². The average molecular weight is 385 g/mol. The van der Waals surface area contributed by atoms with E-state index >= 15 is 0 Å². The molecule has 1 unspecified atom stereocenters. The molecule has 0 N–H and O–H groups in total. The fourth-order valence-electron chi connectivity index (χ4n) is 4.22. The van der Waals surface area contributed by atoms with Crippen molar-refractivity contribution in [2.45, 2.75) is 18.9 Å². The van der Waals surface area contributed by atoms with Gasteiger partial charge in [0, 0.05) is 32.2 Å². The largest absolute Gasteiger partial charge is 0.339 e. The van der Waals surface area contributed by atoms with Crippen molar-refractivity contribution < 1.29 is 4.79 Å². The van der Waals surface area contributed by atoms with E-state index in [1.54, 1.807) is 0 Å². The second-order valence-corrected chi connectivity index (χ2v) is 7.70. The zero-order chi connectivity index (χ0) is 20.1. The van der Waals surface area contributed by atoms with E-state index in [1.807, 2.05) is 41.3 Å². The van der Waals surface area contributed by atoms with E-state index in [-0.39, 0.29) is 11.8 Å². The van der Waals surface area contributed by atoms with Crippen molar-refractivity contribution in [1.82, 2.24) is 9.80 Å². The summed E-state index contributed by atoms with van der Waals surface area (Å²) < 4.78 is 0. The summed E-state index contributed by atoms with van der Waals surface area (Å²) in [5, 5.41) is 0. The van der Waals surface area contributed by atoms with Gasteiger partial charge in [0.2, 0.25) is 5.91 Å². The molecular weight excluding hydrogens is 356 g/mol. The Morgan fingerprint density at radius 3 is 1.52 bits per heavy atom. The maximum Gasteiger partial charge on any atom is 0.234 e. The number of nitrogens with zero attached hydrogens (tertiary/aromatic N) is 2. The second-order valence-electron chi connectivity index (χ2n) is 7.70. The third kappa shape index (κ3) is 4.41. The van der Waals surface area contributed by atoms with Crippen LogP contribution < -0.4 is 0 Å². The molecule has 0 radical (unpaired) electrons. The molecule has 3 aromatic rings. The SMILES string of the molecule is CC(c1ccccc1)N1CCN(C(=O)C(c2ccccc2)c2ccccc2)CC1. The molecule has 1 heterocycles. The Morgan fingerprint density at radius 1 is 0.655 bits per heavy atom. The average Bonchev–Trinajstić information content (AvgIpc) is 2.81. The molecule has 1 saturated heterocycles. The first-order chi connectivity index (χ1) is 14.2. The van der Waals surface area contributed by atoms with Crippen LogP contribution in [0, 0.1) is 0 Å². The van der Waals surface area contributed by atoms with E-state index in [9.17, 15) is 4.79 Å². The molecular formula is C26H28N2O. The van der Waals surface area contributed by atoms with Gasteiger partial charge in [0.15, 0.2) is 0 Å². The van der Waals surface area contributed by atoms with Crippen LogP contribution in [0.3, 0.4) is 0 Å². The van der Waals surface area contributed by atoms with Crippen LogP contribution in [0.15, 0.2) is 91.0 Å². The molecule has 29 heavy (non-hydrogen) atoms. The normalized spacial score (nSPS) is 16.0. The first-order valence-corrected chi connectivity index (χ1v) is 10.4. The summed E-state index contributed by atoms with van der Waals surface area (Å²) in [7, 11) is 0. The maximum atomic E-state index is 13.6. The van der Waals surface area contributed by atoms with E-state index in [1.165, 1.54) is 5.56 Å². The van der Waals surface area contributed by atoms with E-state index < -0.39 is 0 Å². The lowest BCUT2D eigenvalue weighted by atomic mass is 9.90. The van der Waals surface area contributed by atoms with Crippen LogP contribution in [-0.2, 0) is 4.79 Å². The van der Waals surface area contributed by atoms with Gasteiger partial charge in [-0.25, -0.2) is 0 Å². The van der Waals surface area contributed by atoms with E-state index in [0.717, 1.165) is 37.3 Å². The summed E-state index contributed by atoms with van der Waals surface area (Å²) in [5.41, 5.74) is 3.45. The number of rotatable bonds is 5. The van der Waals surface area contributed by atoms with Crippen molar-refractivity contribution in [2.75, 3.05) is 26.2 Å². The highest BCUT2D eigenvalue weighted by molar-refractivity contribution is 5.87. The second kappa shape index (κ2) is 9.06. The quantitative estimate of drug-likeness (QED) is 0.635. The third-order valence-electron chi connectivity index (χ3n) is 5.97. The van der Waals surface area contributed by atoms with Crippen LogP contribution in [0.1, 0.15) is 35.6 Å². The van der Waals surface area contributed by atoms with Crippen molar-refractivity contribution in [3.05, 3.63) is 108 Å². The number of benzene rings is 3. The van der Waals surface area contributed by atoms with E-state index in [4.69, 9.17) is 0 Å². The monoisotopic (exact) mass is 384 g/mol. The van der Waals surface area contributed by atoms with Gasteiger partial charge in [-0.1, -0.05) is 91.0 Å². The summed E-state index contributed by atoms with van der Waals surface area (Å²) in [5.74, 6) is -0.0371. The summed E-state index contributed by atoms with van der Waals surface area (Å²) >= 11 is 0. The smallest absolute Gasteiger partial charge is 0.234 e. The molecule has 0 bridgehead atoms. The predicted molar refractivity (Wildman–Crippen MR) is 118 cm³/mol. The van der Waals surface area contributed by atoms with Crippen molar-refractivity contribution in [1.29, 1.82) is 0 Å². The number of hydrogen-bond donors (Lipinski definition) is 0. The molecule has 0 spiro atoms. The van der Waals surface area contributed by atoms with Gasteiger partial charge in [-0.15, -0.1) is 0 Å². The molecule has 3 aromatic carbocycles. The minimum Gasteiger partial charge on any atom is -0.339 e. The zero-order valence-corrected chi connectivity index (χ0v) is 16.9. The molecule has 148 valence electrons. The maximum absolute atomic E-state index is 13.6. The molecule has 0 saturated carbocycles. The molecule has 0 aliphatic carbocycles. The Labute approximate surface area is 173 Å². The molecule has 1 aliphatic heterocycles. The Bertz CT molecular complexity index is 864. The minimum absolute atomic E-state index is 0.203. The number of carbonyl (C=O) groups is 1. The molecule has 1 fully saturated rings. The van der Waals surface area contributed by atoms with Crippen LogP contribution in [0.5, 0.6) is 0 Å². The Hall–Kier alpha value is -2.91. The number of piperazine rings is 1.